The molecule has 0 radical (unpaired) electrons. The molecule has 0 fully saturated rings. The van der Waals surface area contributed by atoms with Crippen LogP contribution in [-0.4, -0.2) is 11.1 Å². The van der Waals surface area contributed by atoms with Gasteiger partial charge in [0.05, 0.1) is 0 Å². The summed E-state index contributed by atoms with van der Waals surface area (Å²) in [6.07, 6.45) is 6.07. The molecule has 0 saturated heterocycles. The molecule has 0 unspecified atom stereocenters. The highest BCUT2D eigenvalue weighted by atomic mass is 16.4. The Morgan fingerprint density at radius 2 is 2.00 bits per heavy atom. The molecule has 13 heavy (non-hydrogen) atoms. The summed E-state index contributed by atoms with van der Waals surface area (Å²) in [5, 5.41) is 8.53. The molecule has 0 heterocycles. The molecule has 2 nitrogen and oxygen atoms in total. The summed E-state index contributed by atoms with van der Waals surface area (Å²) >= 11 is 0. The van der Waals surface area contributed by atoms with Crippen molar-refractivity contribution in [2.24, 2.45) is 0 Å². The first-order valence-electron chi connectivity index (χ1n) is 4.62. The maximum atomic E-state index is 10.4. The first-order chi connectivity index (χ1) is 6.06. The van der Waals surface area contributed by atoms with Gasteiger partial charge >= 0.3 is 5.97 Å². The van der Waals surface area contributed by atoms with Gasteiger partial charge < -0.3 is 5.11 Å². The van der Waals surface area contributed by atoms with Crippen molar-refractivity contribution >= 4 is 5.97 Å². The van der Waals surface area contributed by atoms with Crippen molar-refractivity contribution in [3.63, 3.8) is 0 Å². The van der Waals surface area contributed by atoms with Crippen LogP contribution in [0.3, 0.4) is 0 Å². The van der Waals surface area contributed by atoms with Crippen molar-refractivity contribution in [2.45, 2.75) is 40.0 Å². The Labute approximate surface area is 80.0 Å². The monoisotopic (exact) mass is 182 g/mol. The number of aliphatic carboxylic acids is 1. The quantitative estimate of drug-likeness (QED) is 0.524. The Balaban J connectivity index is 4.00. The topological polar surface area (TPSA) is 37.3 Å². The molecule has 0 spiro atoms. The largest absolute Gasteiger partial charge is 0.478 e. The predicted molar refractivity (Wildman–Crippen MR) is 54.7 cm³/mol. The highest BCUT2D eigenvalue weighted by Crippen LogP contribution is 2.10. The van der Waals surface area contributed by atoms with Gasteiger partial charge in [-0.05, 0) is 33.1 Å². The van der Waals surface area contributed by atoms with E-state index in [-0.39, 0.29) is 0 Å². The van der Waals surface area contributed by atoms with E-state index in [0.717, 1.165) is 24.8 Å². The highest BCUT2D eigenvalue weighted by Gasteiger charge is 1.96. The van der Waals surface area contributed by atoms with Crippen LogP contribution in [-0.2, 0) is 4.79 Å². The van der Waals surface area contributed by atoms with Crippen LogP contribution in [0.2, 0.25) is 0 Å². The van der Waals surface area contributed by atoms with Crippen LogP contribution in [0.5, 0.6) is 0 Å². The van der Waals surface area contributed by atoms with E-state index < -0.39 is 5.97 Å². The minimum atomic E-state index is -0.839. The number of carboxylic acids is 1. The van der Waals surface area contributed by atoms with E-state index in [1.807, 2.05) is 20.8 Å². The van der Waals surface area contributed by atoms with Crippen LogP contribution in [0.1, 0.15) is 40.0 Å². The molecule has 0 saturated carbocycles. The van der Waals surface area contributed by atoms with Gasteiger partial charge in [0, 0.05) is 6.08 Å². The lowest BCUT2D eigenvalue weighted by Gasteiger charge is -2.00. The van der Waals surface area contributed by atoms with E-state index in [1.54, 1.807) is 0 Å². The number of hydrogen-bond acceptors (Lipinski definition) is 1. The van der Waals surface area contributed by atoms with Gasteiger partial charge in [-0.25, -0.2) is 4.79 Å². The fraction of sp³-hybridized carbons (Fsp3) is 0.545. The second kappa shape index (κ2) is 6.46. The fourth-order valence-corrected chi connectivity index (χ4v) is 1.07. The first kappa shape index (κ1) is 11.9. The summed E-state index contributed by atoms with van der Waals surface area (Å²) in [4.78, 5) is 10.4. The van der Waals surface area contributed by atoms with Gasteiger partial charge in [-0.3, -0.25) is 0 Å². The third kappa shape index (κ3) is 7.32. The van der Waals surface area contributed by atoms with Gasteiger partial charge in [0.25, 0.3) is 0 Å². The Hall–Kier alpha value is -1.05. The van der Waals surface area contributed by atoms with Gasteiger partial charge in [0.1, 0.15) is 0 Å². The minimum absolute atomic E-state index is 0.822. The molecule has 0 atom stereocenters. The molecule has 0 aliphatic carbocycles. The number of carbonyl (C=O) groups is 1. The number of allylic oxidation sites excluding steroid dienone is 3. The summed E-state index contributed by atoms with van der Waals surface area (Å²) in [5.74, 6) is -0.839. The maximum absolute atomic E-state index is 10.4. The first-order valence-corrected chi connectivity index (χ1v) is 4.62. The predicted octanol–water partition coefficient (Wildman–Crippen LogP) is 3.15. The van der Waals surface area contributed by atoms with Crippen molar-refractivity contribution in [1.29, 1.82) is 0 Å². The standard InChI is InChI=1S/C11H18O2/c1-4-10(8-11(12)13)7-5-6-9(2)3/h6,8H,4-5,7H2,1-3H3,(H,12,13)/b10-8+. The van der Waals surface area contributed by atoms with Crippen molar-refractivity contribution in [2.75, 3.05) is 0 Å². The van der Waals surface area contributed by atoms with Crippen LogP contribution < -0.4 is 0 Å². The average molecular weight is 182 g/mol. The second-order valence-corrected chi connectivity index (χ2v) is 3.31. The van der Waals surface area contributed by atoms with E-state index in [4.69, 9.17) is 5.11 Å². The van der Waals surface area contributed by atoms with Crippen LogP contribution in [0.15, 0.2) is 23.3 Å². The number of rotatable bonds is 5. The molecule has 0 aromatic carbocycles. The molecule has 0 aromatic rings. The van der Waals surface area contributed by atoms with E-state index in [9.17, 15) is 4.79 Å². The Kier molecular flexibility index (Phi) is 5.94. The maximum Gasteiger partial charge on any atom is 0.328 e. The highest BCUT2D eigenvalue weighted by molar-refractivity contribution is 5.80. The number of carboxylic acid groups (broad SMARTS) is 1. The SMILES string of the molecule is CC/C(=C\C(=O)O)CCC=C(C)C. The summed E-state index contributed by atoms with van der Waals surface area (Å²) in [6, 6.07) is 0. The van der Waals surface area contributed by atoms with E-state index in [2.05, 4.69) is 6.08 Å². The smallest absolute Gasteiger partial charge is 0.328 e. The molecular weight excluding hydrogens is 164 g/mol. The van der Waals surface area contributed by atoms with E-state index in [0.29, 0.717) is 0 Å². The lowest BCUT2D eigenvalue weighted by atomic mass is 10.1. The number of hydrogen-bond donors (Lipinski definition) is 1. The van der Waals surface area contributed by atoms with E-state index in [1.165, 1.54) is 11.6 Å². The zero-order valence-electron chi connectivity index (χ0n) is 8.63. The third-order valence-corrected chi connectivity index (χ3v) is 1.80. The average Bonchev–Trinajstić information content (AvgIpc) is 2.01. The fourth-order valence-electron chi connectivity index (χ4n) is 1.07. The minimum Gasteiger partial charge on any atom is -0.478 e. The molecule has 74 valence electrons. The summed E-state index contributed by atoms with van der Waals surface area (Å²) < 4.78 is 0. The van der Waals surface area contributed by atoms with Gasteiger partial charge in [0.2, 0.25) is 0 Å². The van der Waals surface area contributed by atoms with Gasteiger partial charge in [-0.1, -0.05) is 24.1 Å². The van der Waals surface area contributed by atoms with Crippen LogP contribution in [0.25, 0.3) is 0 Å². The van der Waals surface area contributed by atoms with Gasteiger partial charge in [-0.2, -0.15) is 0 Å². The summed E-state index contributed by atoms with van der Waals surface area (Å²) in [7, 11) is 0. The lowest BCUT2D eigenvalue weighted by Crippen LogP contribution is -1.91. The van der Waals surface area contributed by atoms with Crippen molar-refractivity contribution in [3.8, 4) is 0 Å². The van der Waals surface area contributed by atoms with Crippen LogP contribution in [0.4, 0.5) is 0 Å². The molecule has 2 heteroatoms. The molecule has 0 aliphatic rings. The Bertz CT molecular complexity index is 220. The third-order valence-electron chi connectivity index (χ3n) is 1.80. The van der Waals surface area contributed by atoms with Crippen molar-refractivity contribution in [3.05, 3.63) is 23.3 Å². The molecule has 0 rings (SSSR count). The molecule has 0 aromatic heterocycles. The van der Waals surface area contributed by atoms with Gasteiger partial charge in [0.15, 0.2) is 0 Å². The molecular formula is C11H18O2. The molecule has 1 N–H and O–H groups in total. The summed E-state index contributed by atoms with van der Waals surface area (Å²) in [5.41, 5.74) is 2.29. The van der Waals surface area contributed by atoms with E-state index >= 15 is 0 Å². The molecule has 0 amide bonds. The van der Waals surface area contributed by atoms with Crippen LogP contribution in [0, 0.1) is 0 Å². The zero-order valence-corrected chi connectivity index (χ0v) is 8.63. The van der Waals surface area contributed by atoms with Crippen molar-refractivity contribution in [1.82, 2.24) is 0 Å². The Morgan fingerprint density at radius 1 is 1.38 bits per heavy atom. The van der Waals surface area contributed by atoms with Gasteiger partial charge in [-0.15, -0.1) is 0 Å². The Morgan fingerprint density at radius 3 is 2.38 bits per heavy atom. The lowest BCUT2D eigenvalue weighted by molar-refractivity contribution is -0.131. The van der Waals surface area contributed by atoms with Crippen LogP contribution >= 0.6 is 0 Å². The zero-order chi connectivity index (χ0) is 10.3. The van der Waals surface area contributed by atoms with Crippen molar-refractivity contribution < 1.29 is 9.90 Å². The normalized spacial score (nSPS) is 11.2. The molecule has 0 aliphatic heterocycles. The summed E-state index contributed by atoms with van der Waals surface area (Å²) in [6.45, 7) is 6.08. The molecule has 0 bridgehead atoms. The second-order valence-electron chi connectivity index (χ2n) is 3.31.